The third-order valence-corrected chi connectivity index (χ3v) is 2.45. The number of ether oxygens (including phenoxy) is 1. The minimum Gasteiger partial charge on any atom is -0.445 e. The van der Waals surface area contributed by atoms with Crippen molar-refractivity contribution in [3.63, 3.8) is 0 Å². The summed E-state index contributed by atoms with van der Waals surface area (Å²) >= 11 is 0. The lowest BCUT2D eigenvalue weighted by molar-refractivity contribution is -0.0394. The molecule has 2 heterocycles. The predicted octanol–water partition coefficient (Wildman–Crippen LogP) is 1.64. The summed E-state index contributed by atoms with van der Waals surface area (Å²) in [6, 6.07) is 0. The molecule has 1 atom stereocenters. The molecule has 0 spiro atoms. The lowest BCUT2D eigenvalue weighted by Crippen LogP contribution is -2.33. The highest BCUT2D eigenvalue weighted by Gasteiger charge is 2.28. The van der Waals surface area contributed by atoms with Gasteiger partial charge in [0, 0.05) is 19.0 Å². The molecule has 0 radical (unpaired) electrons. The van der Waals surface area contributed by atoms with E-state index in [1.54, 1.807) is 0 Å². The lowest BCUT2D eigenvalue weighted by Gasteiger charge is -2.22. The van der Waals surface area contributed by atoms with Gasteiger partial charge in [-0.2, -0.15) is 5.10 Å². The summed E-state index contributed by atoms with van der Waals surface area (Å²) in [5, 5.41) is 3.69. The molecule has 84 valence electrons. The second-order valence-electron chi connectivity index (χ2n) is 3.65. The summed E-state index contributed by atoms with van der Waals surface area (Å²) < 4.78 is 43.6. The Bertz CT molecular complexity index is 333. The number of halogens is 3. The molecule has 3 nitrogen and oxygen atoms in total. The predicted molar refractivity (Wildman–Crippen MR) is 49.8 cm³/mol. The van der Waals surface area contributed by atoms with E-state index in [9.17, 15) is 12.9 Å². The van der Waals surface area contributed by atoms with Crippen LogP contribution < -0.4 is 5.46 Å². The van der Waals surface area contributed by atoms with Crippen LogP contribution in [0.5, 0.6) is 0 Å². The van der Waals surface area contributed by atoms with Gasteiger partial charge in [0.25, 0.3) is 0 Å². The van der Waals surface area contributed by atoms with Gasteiger partial charge in [-0.3, -0.25) is 0 Å². The van der Waals surface area contributed by atoms with Crippen molar-refractivity contribution < 1.29 is 17.7 Å². The average molecular weight is 219 g/mol. The summed E-state index contributed by atoms with van der Waals surface area (Å²) in [6.07, 6.45) is 4.22. The van der Waals surface area contributed by atoms with Crippen LogP contribution in [-0.4, -0.2) is 23.4 Å². The first-order valence-electron chi connectivity index (χ1n) is 4.93. The molecule has 7 heteroatoms. The van der Waals surface area contributed by atoms with Crippen molar-refractivity contribution in [2.45, 2.75) is 25.5 Å². The fourth-order valence-electron chi connectivity index (χ4n) is 1.61. The van der Waals surface area contributed by atoms with Crippen LogP contribution in [0.3, 0.4) is 0 Å². The Morgan fingerprint density at radius 2 is 2.20 bits per heavy atom. The van der Waals surface area contributed by atoms with Crippen molar-refractivity contribution >= 4 is 12.4 Å². The molecule has 1 saturated heterocycles. The zero-order chi connectivity index (χ0) is 10.9. The van der Waals surface area contributed by atoms with Crippen LogP contribution in [0.1, 0.15) is 25.5 Å². The van der Waals surface area contributed by atoms with E-state index in [1.165, 1.54) is 4.68 Å². The molecular formula is C8H11BF3N2O-. The third kappa shape index (κ3) is 2.34. The Morgan fingerprint density at radius 1 is 1.40 bits per heavy atom. The maximum Gasteiger partial charge on any atom is 0.512 e. The van der Waals surface area contributed by atoms with Gasteiger partial charge in [-0.15, -0.1) is 0 Å². The molecule has 0 bridgehead atoms. The molecule has 1 aromatic heterocycles. The van der Waals surface area contributed by atoms with E-state index in [-0.39, 0.29) is 6.23 Å². The molecule has 1 aliphatic rings. The normalized spacial score (nSPS) is 23.0. The minimum atomic E-state index is -4.95. The molecule has 2 rings (SSSR count). The van der Waals surface area contributed by atoms with E-state index >= 15 is 0 Å². The van der Waals surface area contributed by atoms with Crippen LogP contribution >= 0.6 is 0 Å². The van der Waals surface area contributed by atoms with Crippen molar-refractivity contribution in [2.24, 2.45) is 0 Å². The Kier molecular flexibility index (Phi) is 2.73. The Labute approximate surface area is 85.3 Å². The first kappa shape index (κ1) is 10.5. The summed E-state index contributed by atoms with van der Waals surface area (Å²) in [4.78, 5) is 0. The van der Waals surface area contributed by atoms with Crippen molar-refractivity contribution in [3.8, 4) is 0 Å². The largest absolute Gasteiger partial charge is 0.512 e. The van der Waals surface area contributed by atoms with Gasteiger partial charge in [-0.05, 0) is 19.3 Å². The number of nitrogens with zero attached hydrogens (tertiary/aromatic N) is 2. The molecule has 0 saturated carbocycles. The van der Waals surface area contributed by atoms with E-state index < -0.39 is 12.4 Å². The van der Waals surface area contributed by atoms with Gasteiger partial charge in [0.05, 0.1) is 0 Å². The van der Waals surface area contributed by atoms with Crippen LogP contribution in [0, 0.1) is 0 Å². The Balaban J connectivity index is 2.12. The van der Waals surface area contributed by atoms with E-state index in [2.05, 4.69) is 5.10 Å². The Hall–Kier alpha value is -0.975. The van der Waals surface area contributed by atoms with Crippen LogP contribution in [0.4, 0.5) is 12.9 Å². The number of hydrogen-bond donors (Lipinski definition) is 0. The fourth-order valence-corrected chi connectivity index (χ4v) is 1.61. The summed E-state index contributed by atoms with van der Waals surface area (Å²) in [6.45, 7) is -4.36. The molecule has 0 amide bonds. The number of aromatic nitrogens is 2. The van der Waals surface area contributed by atoms with Crippen molar-refractivity contribution in [1.82, 2.24) is 9.78 Å². The van der Waals surface area contributed by atoms with Gasteiger partial charge < -0.3 is 17.7 Å². The van der Waals surface area contributed by atoms with Crippen LogP contribution in [0.15, 0.2) is 12.4 Å². The molecule has 0 unspecified atom stereocenters. The monoisotopic (exact) mass is 219 g/mol. The van der Waals surface area contributed by atoms with E-state index in [4.69, 9.17) is 4.74 Å². The SMILES string of the molecule is F[B-](F)(F)c1cnn([C@@H]2CCCCO2)c1. The van der Waals surface area contributed by atoms with Crippen molar-refractivity contribution in [2.75, 3.05) is 6.61 Å². The molecule has 1 fully saturated rings. The highest BCUT2D eigenvalue weighted by molar-refractivity contribution is 6.73. The van der Waals surface area contributed by atoms with Gasteiger partial charge >= 0.3 is 6.98 Å². The molecule has 0 aromatic carbocycles. The van der Waals surface area contributed by atoms with Gasteiger partial charge in [0.15, 0.2) is 0 Å². The smallest absolute Gasteiger partial charge is 0.445 e. The molecule has 0 N–H and O–H groups in total. The average Bonchev–Trinajstić information content (AvgIpc) is 2.67. The first-order chi connectivity index (χ1) is 7.07. The van der Waals surface area contributed by atoms with Crippen molar-refractivity contribution in [3.05, 3.63) is 12.4 Å². The summed E-state index contributed by atoms with van der Waals surface area (Å²) in [5.41, 5.74) is -0.663. The quantitative estimate of drug-likeness (QED) is 0.707. The van der Waals surface area contributed by atoms with Crippen LogP contribution in [0.2, 0.25) is 0 Å². The van der Waals surface area contributed by atoms with E-state index in [0.29, 0.717) is 6.61 Å². The number of hydrogen-bond acceptors (Lipinski definition) is 2. The van der Waals surface area contributed by atoms with Crippen LogP contribution in [-0.2, 0) is 4.74 Å². The van der Waals surface area contributed by atoms with Crippen LogP contribution in [0.25, 0.3) is 0 Å². The molecule has 1 aliphatic heterocycles. The minimum absolute atomic E-state index is 0.328. The van der Waals surface area contributed by atoms with Gasteiger partial charge in [-0.1, -0.05) is 5.46 Å². The fraction of sp³-hybridized carbons (Fsp3) is 0.625. The standard InChI is InChI=1S/C8H11BF3N2O/c10-9(11,12)7-5-13-14(6-7)8-3-1-2-4-15-8/h5-6,8H,1-4H2/q-1/t8-/m0/s1. The number of rotatable bonds is 2. The van der Waals surface area contributed by atoms with E-state index in [0.717, 1.165) is 31.7 Å². The van der Waals surface area contributed by atoms with Gasteiger partial charge in [0.2, 0.25) is 0 Å². The molecule has 0 aliphatic carbocycles. The van der Waals surface area contributed by atoms with E-state index in [1.807, 2.05) is 0 Å². The maximum absolute atomic E-state index is 12.3. The summed E-state index contributed by atoms with van der Waals surface area (Å²) in [5.74, 6) is 0. The third-order valence-electron chi connectivity index (χ3n) is 2.45. The molecule has 1 aromatic rings. The maximum atomic E-state index is 12.3. The topological polar surface area (TPSA) is 27.1 Å². The zero-order valence-corrected chi connectivity index (χ0v) is 8.07. The Morgan fingerprint density at radius 3 is 2.73 bits per heavy atom. The summed E-state index contributed by atoms with van der Waals surface area (Å²) in [7, 11) is 0. The highest BCUT2D eigenvalue weighted by Crippen LogP contribution is 2.21. The first-order valence-corrected chi connectivity index (χ1v) is 4.93. The molecule has 15 heavy (non-hydrogen) atoms. The lowest BCUT2D eigenvalue weighted by atomic mass is 9.83. The highest BCUT2D eigenvalue weighted by atomic mass is 19.4. The van der Waals surface area contributed by atoms with Gasteiger partial charge in [-0.25, -0.2) is 4.68 Å². The zero-order valence-electron chi connectivity index (χ0n) is 8.07. The van der Waals surface area contributed by atoms with Crippen molar-refractivity contribution in [1.29, 1.82) is 0 Å². The second kappa shape index (κ2) is 3.88. The second-order valence-corrected chi connectivity index (χ2v) is 3.65. The van der Waals surface area contributed by atoms with Gasteiger partial charge in [0.1, 0.15) is 6.23 Å². The molecular weight excluding hydrogens is 208 g/mol.